The molecule has 7 aromatic rings. The number of nitrogens with one attached hydrogen (secondary N) is 3. The molecule has 0 saturated heterocycles. The number of aromatic amines is 2. The minimum atomic E-state index is -3.65. The summed E-state index contributed by atoms with van der Waals surface area (Å²) < 4.78 is 38.8. The van der Waals surface area contributed by atoms with Crippen molar-refractivity contribution in [2.24, 2.45) is 5.73 Å². The molecule has 0 aliphatic carbocycles. The van der Waals surface area contributed by atoms with Gasteiger partial charge in [0.25, 0.3) is 5.91 Å². The molecule has 7 rings (SSSR count). The first kappa shape index (κ1) is 29.0. The van der Waals surface area contributed by atoms with Crippen LogP contribution in [0.15, 0.2) is 97.6 Å². The maximum atomic E-state index is 14.7. The van der Waals surface area contributed by atoms with Gasteiger partial charge in [-0.3, -0.25) is 19.9 Å². The van der Waals surface area contributed by atoms with Gasteiger partial charge in [0, 0.05) is 40.5 Å². The lowest BCUT2D eigenvalue weighted by Crippen LogP contribution is -2.20. The molecule has 0 aliphatic heterocycles. The summed E-state index contributed by atoms with van der Waals surface area (Å²) in [7, 11) is -3.65. The molecule has 0 radical (unpaired) electrons. The van der Waals surface area contributed by atoms with Crippen LogP contribution in [0.3, 0.4) is 0 Å². The number of rotatable bonds is 7. The summed E-state index contributed by atoms with van der Waals surface area (Å²) in [6.45, 7) is 0. The predicted octanol–water partition coefficient (Wildman–Crippen LogP) is 5.62. The summed E-state index contributed by atoms with van der Waals surface area (Å²) in [5, 5.41) is 10.5. The van der Waals surface area contributed by atoms with E-state index in [-0.39, 0.29) is 11.5 Å². The van der Waals surface area contributed by atoms with E-state index >= 15 is 0 Å². The highest BCUT2D eigenvalue weighted by molar-refractivity contribution is 7.90. The molecule has 0 saturated carbocycles. The Bertz CT molecular complexity index is 2390. The number of hydrogen-bond donors (Lipinski definition) is 4. The third-order valence-electron chi connectivity index (χ3n) is 7.58. The van der Waals surface area contributed by atoms with Gasteiger partial charge in [0.1, 0.15) is 22.5 Å². The first-order valence-corrected chi connectivity index (χ1v) is 16.0. The number of halogens is 1. The lowest BCUT2D eigenvalue weighted by Gasteiger charge is -2.12. The molecule has 0 spiro atoms. The number of aromatic nitrogens is 6. The van der Waals surface area contributed by atoms with E-state index in [1.165, 1.54) is 6.07 Å². The van der Waals surface area contributed by atoms with Gasteiger partial charge < -0.3 is 16.0 Å². The number of anilines is 1. The Labute approximate surface area is 261 Å². The van der Waals surface area contributed by atoms with Crippen LogP contribution in [0, 0.1) is 5.82 Å². The van der Waals surface area contributed by atoms with Gasteiger partial charge in [-0.15, -0.1) is 0 Å². The van der Waals surface area contributed by atoms with E-state index in [4.69, 9.17) is 5.73 Å². The number of H-pyrrole nitrogens is 2. The van der Waals surface area contributed by atoms with E-state index in [1.807, 2.05) is 18.2 Å². The maximum absolute atomic E-state index is 14.7. The second-order valence-electron chi connectivity index (χ2n) is 10.8. The summed E-state index contributed by atoms with van der Waals surface area (Å²) in [5.74, 6) is -0.858. The Balaban J connectivity index is 1.25. The van der Waals surface area contributed by atoms with Gasteiger partial charge in [0.15, 0.2) is 9.84 Å². The molecule has 5 heterocycles. The van der Waals surface area contributed by atoms with Crippen molar-refractivity contribution in [2.45, 2.75) is 5.37 Å². The molecule has 46 heavy (non-hydrogen) atoms. The van der Waals surface area contributed by atoms with Crippen LogP contribution in [0.1, 0.15) is 21.3 Å². The van der Waals surface area contributed by atoms with Crippen LogP contribution in [0.2, 0.25) is 0 Å². The molecule has 1 amide bonds. The van der Waals surface area contributed by atoms with E-state index in [0.717, 1.165) is 17.7 Å². The van der Waals surface area contributed by atoms with Gasteiger partial charge in [-0.1, -0.05) is 18.2 Å². The van der Waals surface area contributed by atoms with Gasteiger partial charge in [-0.25, -0.2) is 17.8 Å². The molecule has 5 N–H and O–H groups in total. The van der Waals surface area contributed by atoms with E-state index < -0.39 is 21.0 Å². The summed E-state index contributed by atoms with van der Waals surface area (Å²) >= 11 is 0. The molecule has 11 nitrogen and oxygen atoms in total. The third-order valence-corrected chi connectivity index (χ3v) is 8.78. The van der Waals surface area contributed by atoms with Crippen molar-refractivity contribution in [2.75, 3.05) is 11.6 Å². The SMILES string of the molecule is CS(=O)(=O)C(N)c1cc(F)cc(-c2ccnc3[nH]c(-c4n[nH]c5cnc(-c6cncc(NC(=O)c7ccccc7)c6)cc45)cc23)c1. The predicted molar refractivity (Wildman–Crippen MR) is 174 cm³/mol. The molecule has 13 heteroatoms. The van der Waals surface area contributed by atoms with E-state index in [0.29, 0.717) is 61.6 Å². The van der Waals surface area contributed by atoms with E-state index in [1.54, 1.807) is 67.3 Å². The maximum Gasteiger partial charge on any atom is 0.255 e. The highest BCUT2D eigenvalue weighted by Crippen LogP contribution is 2.35. The number of nitrogens with zero attached hydrogens (tertiary/aromatic N) is 4. The van der Waals surface area contributed by atoms with Crippen LogP contribution >= 0.6 is 0 Å². The summed E-state index contributed by atoms with van der Waals surface area (Å²) in [5.41, 5.74) is 12.0. The van der Waals surface area contributed by atoms with Crippen molar-refractivity contribution in [3.63, 3.8) is 0 Å². The number of hydrogen-bond acceptors (Lipinski definition) is 8. The minimum Gasteiger partial charge on any atom is -0.338 e. The molecule has 0 aliphatic rings. The first-order chi connectivity index (χ1) is 22.1. The number of carbonyl (C=O) groups is 1. The second kappa shape index (κ2) is 11.3. The van der Waals surface area contributed by atoms with Gasteiger partial charge in [-0.2, -0.15) is 5.10 Å². The Kier molecular flexibility index (Phi) is 7.11. The zero-order chi connectivity index (χ0) is 32.0. The van der Waals surface area contributed by atoms with E-state index in [2.05, 4.69) is 35.5 Å². The van der Waals surface area contributed by atoms with Gasteiger partial charge in [-0.05, 0) is 71.3 Å². The molecule has 1 unspecified atom stereocenters. The number of carbonyl (C=O) groups excluding carboxylic acids is 1. The fourth-order valence-corrected chi connectivity index (χ4v) is 5.94. The average Bonchev–Trinajstić information content (AvgIpc) is 3.68. The minimum absolute atomic E-state index is 0.148. The number of sulfone groups is 1. The van der Waals surface area contributed by atoms with Crippen molar-refractivity contribution >= 4 is 43.4 Å². The average molecular weight is 633 g/mol. The molecule has 228 valence electrons. The normalized spacial score (nSPS) is 12.4. The number of amides is 1. The molecule has 0 fully saturated rings. The Morgan fingerprint density at radius 3 is 2.57 bits per heavy atom. The van der Waals surface area contributed by atoms with Gasteiger partial charge in [0.2, 0.25) is 0 Å². The van der Waals surface area contributed by atoms with Crippen LogP contribution in [-0.2, 0) is 9.84 Å². The number of nitrogens with two attached hydrogens (primary N) is 1. The zero-order valence-electron chi connectivity index (χ0n) is 24.2. The molecule has 0 bridgehead atoms. The van der Waals surface area contributed by atoms with Crippen molar-refractivity contribution in [1.82, 2.24) is 30.1 Å². The smallest absolute Gasteiger partial charge is 0.255 e. The largest absolute Gasteiger partial charge is 0.338 e. The number of fused-ring (bicyclic) bond motifs is 2. The zero-order valence-corrected chi connectivity index (χ0v) is 25.0. The van der Waals surface area contributed by atoms with Crippen LogP contribution < -0.4 is 11.1 Å². The van der Waals surface area contributed by atoms with Crippen LogP contribution in [-0.4, -0.2) is 50.7 Å². The summed E-state index contributed by atoms with van der Waals surface area (Å²) in [6.07, 6.45) is 7.49. The quantitative estimate of drug-likeness (QED) is 0.175. The fraction of sp³-hybridized carbons (Fsp3) is 0.0606. The molecule has 1 atom stereocenters. The molecular weight excluding hydrogens is 607 g/mol. The molecular formula is C33H25FN8O3S. The van der Waals surface area contributed by atoms with Crippen molar-refractivity contribution in [1.29, 1.82) is 0 Å². The van der Waals surface area contributed by atoms with Gasteiger partial charge in [0.05, 0.1) is 35.0 Å². The highest BCUT2D eigenvalue weighted by atomic mass is 32.2. The Hall–Kier alpha value is -5.79. The van der Waals surface area contributed by atoms with E-state index in [9.17, 15) is 17.6 Å². The molecule has 2 aromatic carbocycles. The number of benzene rings is 2. The topological polar surface area (TPSA) is 172 Å². The fourth-order valence-electron chi connectivity index (χ4n) is 5.31. The van der Waals surface area contributed by atoms with Crippen LogP contribution in [0.4, 0.5) is 10.1 Å². The Morgan fingerprint density at radius 1 is 0.935 bits per heavy atom. The highest BCUT2D eigenvalue weighted by Gasteiger charge is 2.21. The second-order valence-corrected chi connectivity index (χ2v) is 13.0. The number of pyridine rings is 3. The van der Waals surface area contributed by atoms with Gasteiger partial charge >= 0.3 is 0 Å². The van der Waals surface area contributed by atoms with Crippen molar-refractivity contribution < 1.29 is 17.6 Å². The first-order valence-electron chi connectivity index (χ1n) is 14.0. The van der Waals surface area contributed by atoms with Crippen molar-refractivity contribution in [3.8, 4) is 33.8 Å². The van der Waals surface area contributed by atoms with Crippen LogP contribution in [0.5, 0.6) is 0 Å². The van der Waals surface area contributed by atoms with Crippen LogP contribution in [0.25, 0.3) is 55.7 Å². The monoisotopic (exact) mass is 632 g/mol. The lowest BCUT2D eigenvalue weighted by atomic mass is 10.0. The Morgan fingerprint density at radius 2 is 1.76 bits per heavy atom. The summed E-state index contributed by atoms with van der Waals surface area (Å²) in [4.78, 5) is 29.3. The lowest BCUT2D eigenvalue weighted by molar-refractivity contribution is 0.102. The molecule has 5 aromatic heterocycles. The van der Waals surface area contributed by atoms with Crippen molar-refractivity contribution in [3.05, 3.63) is 115 Å². The standard InChI is InChI=1S/C33H25FN8O3S/c1-46(44,45)31(35)20-9-19(10-22(34)11-20)24-7-8-37-32-25(24)13-28(40-32)30-26-14-27(38-17-29(26)41-42-30)21-12-23(16-36-15-21)39-33(43)18-5-3-2-4-6-18/h2-17,31H,35H2,1H3,(H,37,40)(H,39,43)(H,41,42). The summed E-state index contributed by atoms with van der Waals surface area (Å²) in [6, 6.07) is 20.2. The third kappa shape index (κ3) is 5.49.